The first kappa shape index (κ1) is 20.4. The smallest absolute Gasteiger partial charge is 0.351 e. The topological polar surface area (TPSA) is 104 Å². The van der Waals surface area contributed by atoms with Crippen molar-refractivity contribution in [3.05, 3.63) is 46.8 Å². The normalized spacial score (nSPS) is 16.1. The van der Waals surface area contributed by atoms with Gasteiger partial charge in [-0.3, -0.25) is 4.79 Å². The number of aromatic nitrogens is 1. The van der Waals surface area contributed by atoms with Crippen LogP contribution >= 0.6 is 0 Å². The fourth-order valence-electron chi connectivity index (χ4n) is 3.15. The Kier molecular flexibility index (Phi) is 5.91. The van der Waals surface area contributed by atoms with Crippen LogP contribution in [-0.2, 0) is 14.3 Å². The summed E-state index contributed by atoms with van der Waals surface area (Å²) in [5, 5.41) is 0. The highest BCUT2D eigenvalue weighted by Crippen LogP contribution is 2.31. The van der Waals surface area contributed by atoms with Crippen molar-refractivity contribution in [2.75, 3.05) is 13.2 Å². The molecule has 0 bridgehead atoms. The SMILES string of the molecule is CCOC(=O)c1c(C)[nH]c(C(=O)[C@@H](C)OC(=O)[C@H]2COc3ccccc3O2)c1C. The van der Waals surface area contributed by atoms with Gasteiger partial charge >= 0.3 is 11.9 Å². The monoisotopic (exact) mass is 401 g/mol. The molecular weight excluding hydrogens is 378 g/mol. The fourth-order valence-corrected chi connectivity index (χ4v) is 3.15. The number of ketones is 1. The van der Waals surface area contributed by atoms with Gasteiger partial charge in [0, 0.05) is 5.69 Å². The largest absolute Gasteiger partial charge is 0.485 e. The Balaban J connectivity index is 1.69. The first-order chi connectivity index (χ1) is 13.8. The van der Waals surface area contributed by atoms with E-state index < -0.39 is 29.9 Å². The molecule has 2 aromatic rings. The van der Waals surface area contributed by atoms with Crippen LogP contribution < -0.4 is 9.47 Å². The van der Waals surface area contributed by atoms with Gasteiger partial charge in [0.2, 0.25) is 11.9 Å². The minimum atomic E-state index is -1.07. The van der Waals surface area contributed by atoms with Crippen LogP contribution in [0.3, 0.4) is 0 Å². The maximum Gasteiger partial charge on any atom is 0.351 e. The Morgan fingerprint density at radius 1 is 1.21 bits per heavy atom. The maximum atomic E-state index is 12.8. The van der Waals surface area contributed by atoms with Gasteiger partial charge in [-0.25, -0.2) is 9.59 Å². The average molecular weight is 401 g/mol. The highest BCUT2D eigenvalue weighted by molar-refractivity contribution is 6.04. The summed E-state index contributed by atoms with van der Waals surface area (Å²) >= 11 is 0. The second-order valence-corrected chi connectivity index (χ2v) is 6.65. The first-order valence-corrected chi connectivity index (χ1v) is 9.33. The van der Waals surface area contributed by atoms with Crippen LogP contribution in [0.25, 0.3) is 0 Å². The van der Waals surface area contributed by atoms with Crippen LogP contribution in [-0.4, -0.2) is 48.1 Å². The summed E-state index contributed by atoms with van der Waals surface area (Å²) in [6.45, 7) is 6.72. The number of hydrogen-bond acceptors (Lipinski definition) is 7. The molecule has 0 spiro atoms. The summed E-state index contributed by atoms with van der Waals surface area (Å²) in [6.07, 6.45) is -2.04. The van der Waals surface area contributed by atoms with E-state index in [1.807, 2.05) is 0 Å². The zero-order chi connectivity index (χ0) is 21.1. The van der Waals surface area contributed by atoms with E-state index in [1.54, 1.807) is 45.0 Å². The minimum Gasteiger partial charge on any atom is -0.485 e. The molecule has 1 aromatic carbocycles. The quantitative estimate of drug-likeness (QED) is 0.586. The zero-order valence-corrected chi connectivity index (χ0v) is 16.7. The molecule has 0 aliphatic carbocycles. The third-order valence-corrected chi connectivity index (χ3v) is 4.60. The predicted molar refractivity (Wildman–Crippen MR) is 102 cm³/mol. The molecule has 1 aliphatic heterocycles. The molecule has 0 fully saturated rings. The average Bonchev–Trinajstić information content (AvgIpc) is 3.01. The van der Waals surface area contributed by atoms with E-state index in [0.717, 1.165) is 0 Å². The Morgan fingerprint density at radius 2 is 1.90 bits per heavy atom. The Labute approximate surface area is 168 Å². The lowest BCUT2D eigenvalue weighted by Gasteiger charge is -2.25. The van der Waals surface area contributed by atoms with Crippen molar-refractivity contribution in [2.24, 2.45) is 0 Å². The van der Waals surface area contributed by atoms with E-state index in [9.17, 15) is 14.4 Å². The van der Waals surface area contributed by atoms with Crippen LogP contribution in [0.4, 0.5) is 0 Å². The lowest BCUT2D eigenvalue weighted by Crippen LogP contribution is -2.40. The molecule has 8 nitrogen and oxygen atoms in total. The van der Waals surface area contributed by atoms with E-state index in [4.69, 9.17) is 18.9 Å². The van der Waals surface area contributed by atoms with E-state index in [1.165, 1.54) is 6.92 Å². The molecule has 0 unspecified atom stereocenters. The molecule has 3 rings (SSSR count). The molecule has 1 N–H and O–H groups in total. The van der Waals surface area contributed by atoms with Crippen molar-refractivity contribution in [1.29, 1.82) is 0 Å². The number of esters is 2. The van der Waals surface area contributed by atoms with Gasteiger partial charge in [0.05, 0.1) is 17.9 Å². The molecule has 2 atom stereocenters. The summed E-state index contributed by atoms with van der Waals surface area (Å²) in [5.41, 5.74) is 1.50. The van der Waals surface area contributed by atoms with Crippen molar-refractivity contribution in [2.45, 2.75) is 39.9 Å². The highest BCUT2D eigenvalue weighted by Gasteiger charge is 2.33. The summed E-state index contributed by atoms with van der Waals surface area (Å²) in [4.78, 5) is 40.2. The van der Waals surface area contributed by atoms with E-state index >= 15 is 0 Å². The number of H-pyrrole nitrogens is 1. The standard InChI is InChI=1S/C21H23NO7/c1-5-26-21(25)17-11(2)18(22-12(17)3)19(23)13(4)28-20(24)16-10-27-14-8-6-7-9-15(14)29-16/h6-9,13,16,22H,5,10H2,1-4H3/t13-,16-/m1/s1. The second-order valence-electron chi connectivity index (χ2n) is 6.65. The van der Waals surface area contributed by atoms with Gasteiger partial charge in [-0.05, 0) is 45.4 Å². The number of para-hydroxylation sites is 2. The molecule has 154 valence electrons. The van der Waals surface area contributed by atoms with Crippen LogP contribution in [0.15, 0.2) is 24.3 Å². The number of aryl methyl sites for hydroxylation is 1. The first-order valence-electron chi connectivity index (χ1n) is 9.33. The van der Waals surface area contributed by atoms with Crippen molar-refractivity contribution in [3.63, 3.8) is 0 Å². The molecular formula is C21H23NO7. The number of Topliss-reactive ketones (excluding diaryl/α,β-unsaturated/α-hetero) is 1. The van der Waals surface area contributed by atoms with Crippen LogP contribution in [0.5, 0.6) is 11.5 Å². The van der Waals surface area contributed by atoms with Crippen molar-refractivity contribution < 1.29 is 33.3 Å². The summed E-state index contributed by atoms with van der Waals surface area (Å²) < 4.78 is 21.4. The number of carbonyl (C=O) groups excluding carboxylic acids is 3. The number of fused-ring (bicyclic) bond motifs is 1. The molecule has 29 heavy (non-hydrogen) atoms. The molecule has 1 aromatic heterocycles. The Morgan fingerprint density at radius 3 is 2.59 bits per heavy atom. The lowest BCUT2D eigenvalue weighted by molar-refractivity contribution is -0.157. The second kappa shape index (κ2) is 8.38. The number of carbonyl (C=O) groups is 3. The van der Waals surface area contributed by atoms with Crippen LogP contribution in [0.1, 0.15) is 46.0 Å². The van der Waals surface area contributed by atoms with E-state index in [-0.39, 0.29) is 18.9 Å². The molecule has 8 heteroatoms. The van der Waals surface area contributed by atoms with E-state index in [0.29, 0.717) is 28.3 Å². The molecule has 1 aliphatic rings. The van der Waals surface area contributed by atoms with Gasteiger partial charge in [0.1, 0.15) is 6.61 Å². The van der Waals surface area contributed by atoms with Gasteiger partial charge < -0.3 is 23.9 Å². The van der Waals surface area contributed by atoms with Gasteiger partial charge in [-0.15, -0.1) is 0 Å². The molecule has 0 saturated carbocycles. The van der Waals surface area contributed by atoms with Gasteiger partial charge in [-0.2, -0.15) is 0 Å². The molecule has 0 radical (unpaired) electrons. The summed E-state index contributed by atoms with van der Waals surface area (Å²) in [5.74, 6) is -0.674. The van der Waals surface area contributed by atoms with Crippen molar-refractivity contribution in [1.82, 2.24) is 4.98 Å². The predicted octanol–water partition coefficient (Wildman–Crippen LogP) is 2.76. The number of ether oxygens (including phenoxy) is 4. The number of aromatic amines is 1. The molecule has 0 saturated heterocycles. The van der Waals surface area contributed by atoms with Crippen LogP contribution in [0.2, 0.25) is 0 Å². The Bertz CT molecular complexity index is 947. The van der Waals surface area contributed by atoms with Crippen molar-refractivity contribution >= 4 is 17.7 Å². The van der Waals surface area contributed by atoms with Crippen molar-refractivity contribution in [3.8, 4) is 11.5 Å². The third kappa shape index (κ3) is 4.11. The van der Waals surface area contributed by atoms with E-state index in [2.05, 4.69) is 4.98 Å². The van der Waals surface area contributed by atoms with Gasteiger partial charge in [0.25, 0.3) is 0 Å². The minimum absolute atomic E-state index is 0.00952. The highest BCUT2D eigenvalue weighted by atomic mass is 16.6. The lowest BCUT2D eigenvalue weighted by atomic mass is 10.1. The summed E-state index contributed by atoms with van der Waals surface area (Å²) in [7, 11) is 0. The third-order valence-electron chi connectivity index (χ3n) is 4.60. The Hall–Kier alpha value is -3.29. The van der Waals surface area contributed by atoms with Crippen LogP contribution in [0, 0.1) is 13.8 Å². The zero-order valence-electron chi connectivity index (χ0n) is 16.7. The molecule has 2 heterocycles. The maximum absolute atomic E-state index is 12.8. The number of hydrogen-bond donors (Lipinski definition) is 1. The number of nitrogens with one attached hydrogen (secondary N) is 1. The number of benzene rings is 1. The van der Waals surface area contributed by atoms with Gasteiger partial charge in [0.15, 0.2) is 17.6 Å². The number of rotatable bonds is 6. The fraction of sp³-hybridized carbons (Fsp3) is 0.381. The summed E-state index contributed by atoms with van der Waals surface area (Å²) in [6, 6.07) is 6.98. The van der Waals surface area contributed by atoms with Gasteiger partial charge in [-0.1, -0.05) is 12.1 Å². The molecule has 0 amide bonds.